The molecule has 1 aromatic heterocycles. The van der Waals surface area contributed by atoms with Crippen LogP contribution in [0.2, 0.25) is 0 Å². The van der Waals surface area contributed by atoms with E-state index >= 15 is 0 Å². The summed E-state index contributed by atoms with van der Waals surface area (Å²) in [5.41, 5.74) is 1.62. The Bertz CT molecular complexity index is 1510. The second-order valence-electron chi connectivity index (χ2n) is 10.3. The van der Waals surface area contributed by atoms with Crippen LogP contribution in [0.15, 0.2) is 52.3 Å². The van der Waals surface area contributed by atoms with E-state index in [9.17, 15) is 14.4 Å². The highest BCUT2D eigenvalue weighted by Crippen LogP contribution is 2.68. The molecule has 2 saturated carbocycles. The van der Waals surface area contributed by atoms with Gasteiger partial charge >= 0.3 is 4.87 Å². The lowest BCUT2D eigenvalue weighted by molar-refractivity contribution is -0.123. The average Bonchev–Trinajstić information content (AvgIpc) is 3.67. The SMILES string of the molecule is COc1ccc(N2C(=O)[C@H]3[C@H]4C[C@@H]([C@@H]3C2=O)[C@H]2[C@H](c3ccc(OC)c(OC)c3)c3sc(=O)[nH]c3S[C@H]42)cc1. The van der Waals surface area contributed by atoms with Crippen LogP contribution in [0, 0.1) is 29.6 Å². The fourth-order valence-corrected chi connectivity index (χ4v) is 10.3. The third-order valence-electron chi connectivity index (χ3n) is 8.82. The molecule has 3 aromatic rings. The van der Waals surface area contributed by atoms with Gasteiger partial charge in [0, 0.05) is 16.0 Å². The molecule has 3 fully saturated rings. The van der Waals surface area contributed by atoms with Gasteiger partial charge in [-0.15, -0.1) is 11.8 Å². The molecule has 2 aliphatic heterocycles. The summed E-state index contributed by atoms with van der Waals surface area (Å²) in [4.78, 5) is 45.4. The van der Waals surface area contributed by atoms with Crippen LogP contribution >= 0.6 is 23.1 Å². The highest BCUT2D eigenvalue weighted by atomic mass is 32.2. The number of thiazole rings is 1. The number of thioether (sulfide) groups is 1. The Kier molecular flexibility index (Phi) is 5.42. The van der Waals surface area contributed by atoms with E-state index in [-0.39, 0.29) is 57.4 Å². The van der Waals surface area contributed by atoms with Crippen molar-refractivity contribution in [1.29, 1.82) is 0 Å². The van der Waals surface area contributed by atoms with Gasteiger partial charge in [-0.1, -0.05) is 17.4 Å². The Balaban J connectivity index is 1.31. The number of amides is 2. The van der Waals surface area contributed by atoms with Gasteiger partial charge in [-0.2, -0.15) is 0 Å². The second kappa shape index (κ2) is 8.64. The molecule has 1 N–H and O–H groups in total. The number of methoxy groups -OCH3 is 3. The Morgan fingerprint density at radius 3 is 2.26 bits per heavy atom. The van der Waals surface area contributed by atoms with Crippen LogP contribution in [0.4, 0.5) is 5.69 Å². The van der Waals surface area contributed by atoms with Crippen LogP contribution in [-0.4, -0.2) is 43.4 Å². The molecule has 2 amide bonds. The summed E-state index contributed by atoms with van der Waals surface area (Å²) >= 11 is 2.92. The summed E-state index contributed by atoms with van der Waals surface area (Å²) in [5, 5.41) is 1.01. The number of aromatic amines is 1. The van der Waals surface area contributed by atoms with Crippen molar-refractivity contribution in [1.82, 2.24) is 4.98 Å². The molecule has 0 unspecified atom stereocenters. The highest BCUT2D eigenvalue weighted by molar-refractivity contribution is 8.00. The van der Waals surface area contributed by atoms with E-state index in [2.05, 4.69) is 4.98 Å². The molecule has 7 atom stereocenters. The van der Waals surface area contributed by atoms with Gasteiger partial charge in [-0.25, -0.2) is 0 Å². The monoisotopic (exact) mass is 550 g/mol. The topological polar surface area (TPSA) is 97.9 Å². The Morgan fingerprint density at radius 1 is 0.868 bits per heavy atom. The van der Waals surface area contributed by atoms with Gasteiger partial charge in [0.1, 0.15) is 5.75 Å². The van der Waals surface area contributed by atoms with E-state index in [1.807, 2.05) is 18.2 Å². The first-order valence-electron chi connectivity index (χ1n) is 12.6. The molecule has 38 heavy (non-hydrogen) atoms. The van der Waals surface area contributed by atoms with Crippen LogP contribution in [-0.2, 0) is 9.59 Å². The average molecular weight is 551 g/mol. The summed E-state index contributed by atoms with van der Waals surface area (Å²) in [5.74, 6) is 1.20. The van der Waals surface area contributed by atoms with Crippen molar-refractivity contribution in [3.05, 3.63) is 62.6 Å². The van der Waals surface area contributed by atoms with Crippen LogP contribution in [0.3, 0.4) is 0 Å². The molecule has 4 aliphatic rings. The van der Waals surface area contributed by atoms with Crippen molar-refractivity contribution >= 4 is 40.6 Å². The first-order chi connectivity index (χ1) is 18.4. The fraction of sp³-hybridized carbons (Fsp3) is 0.393. The smallest absolute Gasteiger partial charge is 0.305 e. The molecule has 0 spiro atoms. The van der Waals surface area contributed by atoms with Crippen LogP contribution < -0.4 is 24.0 Å². The van der Waals surface area contributed by atoms with Gasteiger partial charge in [0.05, 0.1) is 43.9 Å². The number of anilines is 1. The number of H-pyrrole nitrogens is 1. The summed E-state index contributed by atoms with van der Waals surface area (Å²) in [6.45, 7) is 0. The Morgan fingerprint density at radius 2 is 1.58 bits per heavy atom. The second-order valence-corrected chi connectivity index (χ2v) is 12.5. The summed E-state index contributed by atoms with van der Waals surface area (Å²) in [6.07, 6.45) is 0.842. The van der Waals surface area contributed by atoms with Crippen molar-refractivity contribution in [2.24, 2.45) is 29.6 Å². The van der Waals surface area contributed by atoms with E-state index < -0.39 is 0 Å². The molecular weight excluding hydrogens is 524 g/mol. The number of carbonyl (C=O) groups is 2. The number of nitrogens with one attached hydrogen (secondary N) is 1. The number of nitrogens with zero attached hydrogens (tertiary/aromatic N) is 1. The predicted molar refractivity (Wildman–Crippen MR) is 144 cm³/mol. The van der Waals surface area contributed by atoms with Crippen molar-refractivity contribution in [2.45, 2.75) is 22.6 Å². The minimum atomic E-state index is -0.351. The molecule has 2 bridgehead atoms. The number of hydrogen-bond acceptors (Lipinski definition) is 8. The lowest BCUT2D eigenvalue weighted by Gasteiger charge is -2.43. The van der Waals surface area contributed by atoms with E-state index in [1.165, 1.54) is 16.2 Å². The number of imide groups is 1. The number of aromatic nitrogens is 1. The molecule has 196 valence electrons. The minimum Gasteiger partial charge on any atom is -0.497 e. The third-order valence-corrected chi connectivity index (χ3v) is 11.4. The zero-order valence-electron chi connectivity index (χ0n) is 21.0. The van der Waals surface area contributed by atoms with Gasteiger partial charge in [-0.05, 0) is 66.1 Å². The lowest BCUT2D eigenvalue weighted by Crippen LogP contribution is -2.42. The van der Waals surface area contributed by atoms with Crippen molar-refractivity contribution < 1.29 is 23.8 Å². The standard InChI is InChI=1S/C28H26N2O6S2/c1-34-14-7-5-13(6-8-14)30-26(31)21-15-11-16(22(21)27(30)32)23-20(15)19(24-25(37-23)29-28(33)38-24)12-4-9-17(35-2)18(10-12)36-3/h4-10,15-16,19-23H,11H2,1-3H3,(H,29,33)/t15-,16-,19+,20+,21+,22+,23-/m1/s1. The molecule has 3 heterocycles. The first kappa shape index (κ1) is 23.8. The van der Waals surface area contributed by atoms with Gasteiger partial charge in [-0.3, -0.25) is 19.3 Å². The number of fused-ring (bicyclic) bond motifs is 9. The van der Waals surface area contributed by atoms with Crippen molar-refractivity contribution in [3.63, 3.8) is 0 Å². The third kappa shape index (κ3) is 3.19. The van der Waals surface area contributed by atoms with Crippen LogP contribution in [0.5, 0.6) is 17.2 Å². The van der Waals surface area contributed by atoms with E-state index in [1.54, 1.807) is 57.4 Å². The molecule has 1 saturated heterocycles. The van der Waals surface area contributed by atoms with E-state index in [0.29, 0.717) is 22.9 Å². The number of rotatable bonds is 5. The van der Waals surface area contributed by atoms with Gasteiger partial charge < -0.3 is 19.2 Å². The normalized spacial score (nSPS) is 30.7. The molecule has 2 aliphatic carbocycles. The number of hydrogen-bond donors (Lipinski definition) is 1. The fourth-order valence-electron chi connectivity index (χ4n) is 7.42. The number of carbonyl (C=O) groups excluding carboxylic acids is 2. The summed E-state index contributed by atoms with van der Waals surface area (Å²) in [6, 6.07) is 13.0. The Labute approximate surface area is 227 Å². The summed E-state index contributed by atoms with van der Waals surface area (Å²) in [7, 11) is 4.80. The minimum absolute atomic E-state index is 0.0469. The molecule has 7 rings (SSSR count). The zero-order chi connectivity index (χ0) is 26.3. The van der Waals surface area contributed by atoms with Crippen LogP contribution in [0.25, 0.3) is 0 Å². The van der Waals surface area contributed by atoms with E-state index in [4.69, 9.17) is 14.2 Å². The number of benzene rings is 2. The molecule has 8 nitrogen and oxygen atoms in total. The molecular formula is C28H26N2O6S2. The molecule has 0 radical (unpaired) electrons. The first-order valence-corrected chi connectivity index (χ1v) is 14.3. The molecule has 2 aromatic carbocycles. The maximum Gasteiger partial charge on any atom is 0.305 e. The highest BCUT2D eigenvalue weighted by Gasteiger charge is 2.69. The zero-order valence-corrected chi connectivity index (χ0v) is 22.6. The van der Waals surface area contributed by atoms with Crippen LogP contribution in [0.1, 0.15) is 22.8 Å². The number of ether oxygens (including phenoxy) is 3. The van der Waals surface area contributed by atoms with Gasteiger partial charge in [0.2, 0.25) is 11.8 Å². The lowest BCUT2D eigenvalue weighted by atomic mass is 9.68. The molecule has 10 heteroatoms. The largest absolute Gasteiger partial charge is 0.497 e. The quantitative estimate of drug-likeness (QED) is 0.477. The van der Waals surface area contributed by atoms with Crippen molar-refractivity contribution in [2.75, 3.05) is 26.2 Å². The maximum atomic E-state index is 13.9. The summed E-state index contributed by atoms with van der Waals surface area (Å²) < 4.78 is 16.3. The maximum absolute atomic E-state index is 13.9. The Hall–Kier alpha value is -3.24. The van der Waals surface area contributed by atoms with Crippen molar-refractivity contribution in [3.8, 4) is 17.2 Å². The predicted octanol–water partition coefficient (Wildman–Crippen LogP) is 4.14. The van der Waals surface area contributed by atoms with E-state index in [0.717, 1.165) is 21.9 Å². The van der Waals surface area contributed by atoms with Gasteiger partial charge in [0.25, 0.3) is 0 Å². The van der Waals surface area contributed by atoms with Gasteiger partial charge in [0.15, 0.2) is 11.5 Å².